The Hall–Kier alpha value is -0.860. The highest BCUT2D eigenvalue weighted by molar-refractivity contribution is 5.24. The molecule has 1 fully saturated rings. The molecule has 2 atom stereocenters. The Bertz CT molecular complexity index is 390. The van der Waals surface area contributed by atoms with Crippen LogP contribution in [0, 0.1) is 5.92 Å². The van der Waals surface area contributed by atoms with Crippen LogP contribution in [0.2, 0.25) is 0 Å². The minimum atomic E-state index is 0.440. The first-order valence-corrected chi connectivity index (χ1v) is 8.13. The first-order chi connectivity index (χ1) is 9.60. The molecule has 112 valence electrons. The van der Waals surface area contributed by atoms with Gasteiger partial charge in [0.05, 0.1) is 0 Å². The maximum atomic E-state index is 3.80. The zero-order chi connectivity index (χ0) is 14.5. The lowest BCUT2D eigenvalue weighted by molar-refractivity contribution is 0.185. The van der Waals surface area contributed by atoms with Gasteiger partial charge >= 0.3 is 0 Å². The van der Waals surface area contributed by atoms with Gasteiger partial charge in [-0.3, -0.25) is 0 Å². The van der Waals surface area contributed by atoms with Crippen LogP contribution < -0.4 is 5.32 Å². The van der Waals surface area contributed by atoms with Gasteiger partial charge in [0.2, 0.25) is 0 Å². The molecule has 1 heterocycles. The Kier molecular flexibility index (Phi) is 5.62. The SMILES string of the molecule is CCc1ccc(C(C)NC(C)C2CCN(C)CC2)cc1. The minimum Gasteiger partial charge on any atom is -0.307 e. The van der Waals surface area contributed by atoms with Crippen LogP contribution in [0.4, 0.5) is 0 Å². The van der Waals surface area contributed by atoms with Crippen LogP contribution in [0.3, 0.4) is 0 Å². The molecule has 0 aliphatic carbocycles. The van der Waals surface area contributed by atoms with Crippen molar-refractivity contribution in [1.29, 1.82) is 0 Å². The summed E-state index contributed by atoms with van der Waals surface area (Å²) in [5, 5.41) is 3.80. The first kappa shape index (κ1) is 15.5. The van der Waals surface area contributed by atoms with E-state index in [1.165, 1.54) is 37.1 Å². The van der Waals surface area contributed by atoms with Crippen molar-refractivity contribution in [2.75, 3.05) is 20.1 Å². The van der Waals surface area contributed by atoms with Crippen molar-refractivity contribution < 1.29 is 0 Å². The summed E-state index contributed by atoms with van der Waals surface area (Å²) in [6, 6.07) is 10.1. The van der Waals surface area contributed by atoms with E-state index >= 15 is 0 Å². The van der Waals surface area contributed by atoms with Gasteiger partial charge in [0, 0.05) is 12.1 Å². The third-order valence-corrected chi connectivity index (χ3v) is 4.87. The quantitative estimate of drug-likeness (QED) is 0.882. The van der Waals surface area contributed by atoms with Crippen molar-refractivity contribution in [3.63, 3.8) is 0 Å². The van der Waals surface area contributed by atoms with Gasteiger partial charge in [-0.1, -0.05) is 31.2 Å². The zero-order valence-corrected chi connectivity index (χ0v) is 13.5. The molecule has 1 aliphatic rings. The molecule has 0 amide bonds. The summed E-state index contributed by atoms with van der Waals surface area (Å²) in [5.74, 6) is 0.823. The molecular weight excluding hydrogens is 244 g/mol. The van der Waals surface area contributed by atoms with Gasteiger partial charge in [-0.2, -0.15) is 0 Å². The van der Waals surface area contributed by atoms with Gasteiger partial charge in [-0.25, -0.2) is 0 Å². The Morgan fingerprint density at radius 3 is 2.30 bits per heavy atom. The maximum absolute atomic E-state index is 3.80. The summed E-state index contributed by atoms with van der Waals surface area (Å²) in [5.41, 5.74) is 2.83. The largest absolute Gasteiger partial charge is 0.307 e. The monoisotopic (exact) mass is 274 g/mol. The van der Waals surface area contributed by atoms with Gasteiger partial charge in [-0.15, -0.1) is 0 Å². The van der Waals surface area contributed by atoms with Gasteiger partial charge in [0.15, 0.2) is 0 Å². The Balaban J connectivity index is 1.87. The summed E-state index contributed by atoms with van der Waals surface area (Å²) in [6.07, 6.45) is 3.77. The van der Waals surface area contributed by atoms with Crippen LogP contribution in [0.15, 0.2) is 24.3 Å². The lowest BCUT2D eigenvalue weighted by atomic mass is 9.89. The number of aryl methyl sites for hydroxylation is 1. The van der Waals surface area contributed by atoms with Gasteiger partial charge in [0.25, 0.3) is 0 Å². The van der Waals surface area contributed by atoms with Crippen molar-refractivity contribution in [1.82, 2.24) is 10.2 Å². The van der Waals surface area contributed by atoms with E-state index in [0.717, 1.165) is 12.3 Å². The van der Waals surface area contributed by atoms with E-state index in [1.54, 1.807) is 0 Å². The van der Waals surface area contributed by atoms with Gasteiger partial charge < -0.3 is 10.2 Å². The van der Waals surface area contributed by atoms with Crippen molar-refractivity contribution in [2.24, 2.45) is 5.92 Å². The standard InChI is InChI=1S/C18H30N2/c1-5-16-6-8-17(9-7-16)14(2)19-15(3)18-10-12-20(4)13-11-18/h6-9,14-15,18-19H,5,10-13H2,1-4H3. The molecule has 2 heteroatoms. The van der Waals surface area contributed by atoms with Crippen LogP contribution in [0.5, 0.6) is 0 Å². The third kappa shape index (κ3) is 4.07. The van der Waals surface area contributed by atoms with Gasteiger partial charge in [0.1, 0.15) is 0 Å². The maximum Gasteiger partial charge on any atom is 0.0294 e. The first-order valence-electron chi connectivity index (χ1n) is 8.13. The van der Waals surface area contributed by atoms with E-state index < -0.39 is 0 Å². The van der Waals surface area contributed by atoms with E-state index in [9.17, 15) is 0 Å². The molecule has 20 heavy (non-hydrogen) atoms. The lowest BCUT2D eigenvalue weighted by Gasteiger charge is -2.34. The molecule has 0 bridgehead atoms. The molecule has 0 radical (unpaired) electrons. The fourth-order valence-corrected chi connectivity index (χ4v) is 3.20. The normalized spacial score (nSPS) is 20.8. The van der Waals surface area contributed by atoms with E-state index in [-0.39, 0.29) is 0 Å². The number of likely N-dealkylation sites (tertiary alicyclic amines) is 1. The average molecular weight is 274 g/mol. The van der Waals surface area contributed by atoms with Crippen LogP contribution in [-0.2, 0) is 6.42 Å². The van der Waals surface area contributed by atoms with Crippen LogP contribution in [0.25, 0.3) is 0 Å². The molecule has 2 unspecified atom stereocenters. The second kappa shape index (κ2) is 7.24. The summed E-state index contributed by atoms with van der Waals surface area (Å²) >= 11 is 0. The molecule has 0 saturated carbocycles. The van der Waals surface area contributed by atoms with Crippen LogP contribution >= 0.6 is 0 Å². The minimum absolute atomic E-state index is 0.440. The average Bonchev–Trinajstić information content (AvgIpc) is 2.48. The molecule has 1 aromatic carbocycles. The summed E-state index contributed by atoms with van der Waals surface area (Å²) < 4.78 is 0. The number of piperidine rings is 1. The fraction of sp³-hybridized carbons (Fsp3) is 0.667. The Morgan fingerprint density at radius 1 is 1.15 bits per heavy atom. The third-order valence-electron chi connectivity index (χ3n) is 4.87. The van der Waals surface area contributed by atoms with Crippen LogP contribution in [-0.4, -0.2) is 31.1 Å². The van der Waals surface area contributed by atoms with E-state index in [2.05, 4.69) is 62.3 Å². The van der Waals surface area contributed by atoms with Crippen LogP contribution in [0.1, 0.15) is 50.8 Å². The summed E-state index contributed by atoms with van der Waals surface area (Å²) in [4.78, 5) is 2.44. The second-order valence-electron chi connectivity index (χ2n) is 6.41. The zero-order valence-electron chi connectivity index (χ0n) is 13.5. The predicted octanol–water partition coefficient (Wildman–Crippen LogP) is 3.63. The molecular formula is C18H30N2. The predicted molar refractivity (Wildman–Crippen MR) is 87.1 cm³/mol. The Labute approximate surface area is 124 Å². The number of rotatable bonds is 5. The molecule has 1 saturated heterocycles. The number of nitrogens with one attached hydrogen (secondary N) is 1. The van der Waals surface area contributed by atoms with E-state index in [1.807, 2.05) is 0 Å². The highest BCUT2D eigenvalue weighted by atomic mass is 15.1. The van der Waals surface area contributed by atoms with E-state index in [4.69, 9.17) is 0 Å². The lowest BCUT2D eigenvalue weighted by Crippen LogP contribution is -2.41. The molecule has 1 aromatic rings. The molecule has 1 aliphatic heterocycles. The smallest absolute Gasteiger partial charge is 0.0294 e. The molecule has 0 spiro atoms. The molecule has 0 aromatic heterocycles. The second-order valence-corrected chi connectivity index (χ2v) is 6.41. The summed E-state index contributed by atoms with van der Waals surface area (Å²) in [6.45, 7) is 9.34. The van der Waals surface area contributed by atoms with E-state index in [0.29, 0.717) is 12.1 Å². The number of nitrogens with zero attached hydrogens (tertiary/aromatic N) is 1. The summed E-state index contributed by atoms with van der Waals surface area (Å²) in [7, 11) is 2.23. The number of hydrogen-bond donors (Lipinski definition) is 1. The molecule has 2 nitrogen and oxygen atoms in total. The van der Waals surface area contributed by atoms with Crippen molar-refractivity contribution in [2.45, 2.75) is 52.1 Å². The highest BCUT2D eigenvalue weighted by Gasteiger charge is 2.23. The Morgan fingerprint density at radius 2 is 1.75 bits per heavy atom. The highest BCUT2D eigenvalue weighted by Crippen LogP contribution is 2.22. The topological polar surface area (TPSA) is 15.3 Å². The van der Waals surface area contributed by atoms with Crippen molar-refractivity contribution in [3.8, 4) is 0 Å². The van der Waals surface area contributed by atoms with Gasteiger partial charge in [-0.05, 0) is 70.3 Å². The molecule has 1 N–H and O–H groups in total. The number of benzene rings is 1. The number of hydrogen-bond acceptors (Lipinski definition) is 2. The van der Waals surface area contributed by atoms with Crippen molar-refractivity contribution in [3.05, 3.63) is 35.4 Å². The van der Waals surface area contributed by atoms with Crippen molar-refractivity contribution >= 4 is 0 Å². The fourth-order valence-electron chi connectivity index (χ4n) is 3.20. The molecule has 2 rings (SSSR count).